The fourth-order valence-electron chi connectivity index (χ4n) is 2.38. The van der Waals surface area contributed by atoms with Crippen LogP contribution in [0.5, 0.6) is 5.75 Å². The van der Waals surface area contributed by atoms with Gasteiger partial charge in [-0.05, 0) is 18.2 Å². The average molecular weight is 375 g/mol. The van der Waals surface area contributed by atoms with E-state index in [-0.39, 0.29) is 43.6 Å². The van der Waals surface area contributed by atoms with Crippen molar-refractivity contribution in [3.63, 3.8) is 0 Å². The normalized spacial score (nSPS) is 15.5. The minimum Gasteiger partial charge on any atom is -0.489 e. The van der Waals surface area contributed by atoms with Crippen LogP contribution < -0.4 is 15.4 Å². The number of amides is 2. The highest BCUT2D eigenvalue weighted by atomic mass is 19.4. The molecular weight excluding hydrogens is 355 g/mol. The van der Waals surface area contributed by atoms with Crippen molar-refractivity contribution in [1.82, 2.24) is 10.2 Å². The summed E-state index contributed by atoms with van der Waals surface area (Å²) in [4.78, 5) is 25.1. The number of methoxy groups -OCH3 is 1. The number of benzene rings is 1. The molecule has 7 nitrogen and oxygen atoms in total. The number of nitrogens with zero attached hydrogens (tertiary/aromatic N) is 1. The first-order chi connectivity index (χ1) is 12.3. The highest BCUT2D eigenvalue weighted by Crippen LogP contribution is 2.35. The lowest BCUT2D eigenvalue weighted by molar-refractivity contribution is -0.137. The summed E-state index contributed by atoms with van der Waals surface area (Å²) >= 11 is 0. The maximum Gasteiger partial charge on any atom is 0.416 e. The average Bonchev–Trinajstić information content (AvgIpc) is 2.55. The molecule has 1 aromatic rings. The molecule has 0 aromatic heterocycles. The van der Waals surface area contributed by atoms with Gasteiger partial charge in [-0.2, -0.15) is 13.2 Å². The summed E-state index contributed by atoms with van der Waals surface area (Å²) in [7, 11) is 1.47. The van der Waals surface area contributed by atoms with Crippen LogP contribution in [0.15, 0.2) is 18.2 Å². The highest BCUT2D eigenvalue weighted by Gasteiger charge is 2.31. The monoisotopic (exact) mass is 375 g/mol. The second-order valence-corrected chi connectivity index (χ2v) is 5.66. The van der Waals surface area contributed by atoms with Crippen LogP contribution in [0.25, 0.3) is 0 Å². The zero-order valence-electron chi connectivity index (χ0n) is 14.2. The molecular formula is C16H20F3N3O4. The second-order valence-electron chi connectivity index (χ2n) is 5.66. The molecule has 2 rings (SSSR count). The van der Waals surface area contributed by atoms with E-state index in [0.29, 0.717) is 13.1 Å². The number of alkyl halides is 3. The van der Waals surface area contributed by atoms with Crippen LogP contribution >= 0.6 is 0 Å². The summed E-state index contributed by atoms with van der Waals surface area (Å²) in [5, 5.41) is 5.06. The molecule has 2 amide bonds. The Morgan fingerprint density at radius 2 is 2.12 bits per heavy atom. The van der Waals surface area contributed by atoms with Gasteiger partial charge < -0.3 is 20.1 Å². The largest absolute Gasteiger partial charge is 0.489 e. The molecule has 1 fully saturated rings. The molecule has 0 spiro atoms. The van der Waals surface area contributed by atoms with Crippen molar-refractivity contribution in [2.24, 2.45) is 0 Å². The first-order valence-electron chi connectivity index (χ1n) is 7.91. The van der Waals surface area contributed by atoms with Gasteiger partial charge in [0.15, 0.2) is 0 Å². The van der Waals surface area contributed by atoms with Crippen molar-refractivity contribution in [3.8, 4) is 5.75 Å². The lowest BCUT2D eigenvalue weighted by atomic mass is 10.1. The number of carbonyl (C=O) groups excluding carboxylic acids is 2. The van der Waals surface area contributed by atoms with Gasteiger partial charge in [-0.1, -0.05) is 0 Å². The van der Waals surface area contributed by atoms with Gasteiger partial charge in [0, 0.05) is 20.2 Å². The highest BCUT2D eigenvalue weighted by molar-refractivity contribution is 5.94. The van der Waals surface area contributed by atoms with Crippen molar-refractivity contribution >= 4 is 17.5 Å². The maximum atomic E-state index is 12.9. The third-order valence-corrected chi connectivity index (χ3v) is 3.61. The predicted octanol–water partition coefficient (Wildman–Crippen LogP) is 1.10. The number of halogens is 3. The van der Waals surface area contributed by atoms with Crippen LogP contribution in [-0.2, 0) is 20.5 Å². The number of hydrogen-bond acceptors (Lipinski definition) is 5. The van der Waals surface area contributed by atoms with Crippen LogP contribution in [0, 0.1) is 0 Å². The van der Waals surface area contributed by atoms with Gasteiger partial charge in [0.25, 0.3) is 0 Å². The van der Waals surface area contributed by atoms with E-state index in [9.17, 15) is 22.8 Å². The number of rotatable bonds is 7. The number of ether oxygens (including phenoxy) is 2. The number of hydrogen-bond donors (Lipinski definition) is 2. The summed E-state index contributed by atoms with van der Waals surface area (Å²) in [6.07, 6.45) is -4.55. The zero-order chi connectivity index (χ0) is 19.2. The smallest absolute Gasteiger partial charge is 0.416 e. The Labute approximate surface area is 148 Å². The Balaban J connectivity index is 2.10. The van der Waals surface area contributed by atoms with Crippen molar-refractivity contribution in [3.05, 3.63) is 23.8 Å². The lowest BCUT2D eigenvalue weighted by Gasteiger charge is -2.25. The third kappa shape index (κ3) is 5.88. The number of carbonyl (C=O) groups is 2. The fourth-order valence-corrected chi connectivity index (χ4v) is 2.38. The molecule has 0 aliphatic carbocycles. The first-order valence-corrected chi connectivity index (χ1v) is 7.91. The van der Waals surface area contributed by atoms with E-state index in [4.69, 9.17) is 9.47 Å². The van der Waals surface area contributed by atoms with E-state index in [1.807, 2.05) is 0 Å². The third-order valence-electron chi connectivity index (χ3n) is 3.61. The Kier molecular flexibility index (Phi) is 6.81. The molecule has 26 heavy (non-hydrogen) atoms. The molecule has 1 heterocycles. The molecule has 10 heteroatoms. The molecule has 1 saturated heterocycles. The van der Waals surface area contributed by atoms with Gasteiger partial charge in [0.05, 0.1) is 30.9 Å². The Morgan fingerprint density at radius 3 is 2.77 bits per heavy atom. The van der Waals surface area contributed by atoms with Crippen molar-refractivity contribution in [2.45, 2.75) is 6.18 Å². The van der Waals surface area contributed by atoms with Gasteiger partial charge in [-0.25, -0.2) is 0 Å². The molecule has 0 radical (unpaired) electrons. The Bertz CT molecular complexity index is 652. The van der Waals surface area contributed by atoms with E-state index in [1.165, 1.54) is 7.11 Å². The van der Waals surface area contributed by atoms with E-state index < -0.39 is 17.6 Å². The zero-order valence-corrected chi connectivity index (χ0v) is 14.2. The Morgan fingerprint density at radius 1 is 1.35 bits per heavy atom. The summed E-state index contributed by atoms with van der Waals surface area (Å²) in [5.74, 6) is -0.623. The van der Waals surface area contributed by atoms with Gasteiger partial charge in [0.2, 0.25) is 11.8 Å². The summed E-state index contributed by atoms with van der Waals surface area (Å²) in [6.45, 7) is 1.22. The van der Waals surface area contributed by atoms with Crippen LogP contribution in [-0.4, -0.2) is 63.2 Å². The molecule has 2 N–H and O–H groups in total. The van der Waals surface area contributed by atoms with Crippen LogP contribution in [0.1, 0.15) is 5.56 Å². The first kappa shape index (κ1) is 20.0. The van der Waals surface area contributed by atoms with E-state index in [2.05, 4.69) is 10.6 Å². The van der Waals surface area contributed by atoms with Gasteiger partial charge >= 0.3 is 6.18 Å². The van der Waals surface area contributed by atoms with Gasteiger partial charge in [-0.15, -0.1) is 0 Å². The van der Waals surface area contributed by atoms with Gasteiger partial charge in [-0.3, -0.25) is 14.5 Å². The van der Waals surface area contributed by atoms with E-state index in [0.717, 1.165) is 18.2 Å². The van der Waals surface area contributed by atoms with Crippen LogP contribution in [0.3, 0.4) is 0 Å². The SMILES string of the molecule is COCCOc1ccc(C(F)(F)F)cc1NC(=O)CN1CCNC(=O)C1. The van der Waals surface area contributed by atoms with Crippen LogP contribution in [0.2, 0.25) is 0 Å². The van der Waals surface area contributed by atoms with E-state index in [1.54, 1.807) is 4.90 Å². The second kappa shape index (κ2) is 8.86. The summed E-state index contributed by atoms with van der Waals surface area (Å²) < 4.78 is 49.0. The van der Waals surface area contributed by atoms with Gasteiger partial charge in [0.1, 0.15) is 12.4 Å². The molecule has 1 aliphatic rings. The summed E-state index contributed by atoms with van der Waals surface area (Å²) in [5.41, 5.74) is -0.980. The minimum atomic E-state index is -4.55. The number of nitrogens with one attached hydrogen (secondary N) is 2. The summed E-state index contributed by atoms with van der Waals surface area (Å²) in [6, 6.07) is 2.86. The topological polar surface area (TPSA) is 79.9 Å². The fraction of sp³-hybridized carbons (Fsp3) is 0.500. The molecule has 1 aliphatic heterocycles. The number of piperazine rings is 1. The quantitative estimate of drug-likeness (QED) is 0.698. The maximum absolute atomic E-state index is 12.9. The predicted molar refractivity (Wildman–Crippen MR) is 86.9 cm³/mol. The molecule has 0 saturated carbocycles. The lowest BCUT2D eigenvalue weighted by Crippen LogP contribution is -2.49. The van der Waals surface area contributed by atoms with E-state index >= 15 is 0 Å². The number of anilines is 1. The van der Waals surface area contributed by atoms with Crippen molar-refractivity contribution < 1.29 is 32.2 Å². The Hall–Kier alpha value is -2.33. The van der Waals surface area contributed by atoms with Crippen LogP contribution in [0.4, 0.5) is 18.9 Å². The molecule has 0 bridgehead atoms. The standard InChI is InChI=1S/C16H20F3N3O4/c1-25-6-7-26-13-3-2-11(16(17,18)19)8-12(13)21-15(24)10-22-5-4-20-14(23)9-22/h2-3,8H,4-7,9-10H2,1H3,(H,20,23)(H,21,24). The molecule has 144 valence electrons. The minimum absolute atomic E-state index is 0.0627. The molecule has 1 aromatic carbocycles. The molecule has 0 unspecified atom stereocenters. The molecule has 0 atom stereocenters. The van der Waals surface area contributed by atoms with Crippen molar-refractivity contribution in [2.75, 3.05) is 51.8 Å². The van der Waals surface area contributed by atoms with Crippen molar-refractivity contribution in [1.29, 1.82) is 0 Å².